The number of benzene rings is 1. The fourth-order valence-electron chi connectivity index (χ4n) is 1.37. The highest BCUT2D eigenvalue weighted by molar-refractivity contribution is 6.30. The summed E-state index contributed by atoms with van der Waals surface area (Å²) in [6, 6.07) is 5.72. The average molecular weight is 233 g/mol. The van der Waals surface area contributed by atoms with Gasteiger partial charge in [-0.15, -0.1) is 11.6 Å². The Kier molecular flexibility index (Phi) is 4.73. The minimum atomic E-state index is -0.0548. The summed E-state index contributed by atoms with van der Waals surface area (Å²) < 4.78 is 0. The number of halogens is 2. The number of hydrogen-bond donors (Lipinski definition) is 1. The number of aryl methyl sites for hydroxylation is 1. The lowest BCUT2D eigenvalue weighted by atomic mass is 10.0. The molecule has 1 nitrogen and oxygen atoms in total. The number of rotatable bonds is 4. The van der Waals surface area contributed by atoms with Gasteiger partial charge < -0.3 is 5.11 Å². The van der Waals surface area contributed by atoms with E-state index in [1.54, 1.807) is 0 Å². The summed E-state index contributed by atoms with van der Waals surface area (Å²) in [5, 5.41) is 9.36. The van der Waals surface area contributed by atoms with Crippen molar-refractivity contribution in [3.8, 4) is 0 Å². The van der Waals surface area contributed by atoms with E-state index in [9.17, 15) is 0 Å². The second-order valence-corrected chi connectivity index (χ2v) is 4.30. The van der Waals surface area contributed by atoms with Crippen LogP contribution in [0.2, 0.25) is 5.02 Å². The molecule has 3 heteroatoms. The maximum absolute atomic E-state index is 8.70. The fourth-order valence-corrected chi connectivity index (χ4v) is 1.94. The maximum Gasteiger partial charge on any atom is 0.0589 e. The first-order chi connectivity index (χ1) is 6.65. The topological polar surface area (TPSA) is 20.2 Å². The Labute approximate surface area is 94.7 Å². The Bertz CT molecular complexity index is 299. The third-order valence-electron chi connectivity index (χ3n) is 2.19. The molecule has 1 atom stereocenters. The normalized spacial score (nSPS) is 12.9. The van der Waals surface area contributed by atoms with E-state index in [0.717, 1.165) is 24.0 Å². The molecule has 0 aromatic heterocycles. The van der Waals surface area contributed by atoms with Crippen molar-refractivity contribution in [3.63, 3.8) is 0 Å². The van der Waals surface area contributed by atoms with Crippen LogP contribution in [0, 0.1) is 6.92 Å². The first-order valence-electron chi connectivity index (χ1n) is 4.66. The van der Waals surface area contributed by atoms with Gasteiger partial charge in [-0.1, -0.05) is 17.7 Å². The third kappa shape index (κ3) is 3.16. The zero-order valence-electron chi connectivity index (χ0n) is 8.13. The molecule has 0 aliphatic heterocycles. The zero-order chi connectivity index (χ0) is 10.6. The molecule has 0 radical (unpaired) electrons. The summed E-state index contributed by atoms with van der Waals surface area (Å²) in [6.07, 6.45) is 1.50. The smallest absolute Gasteiger partial charge is 0.0589 e. The molecule has 1 rings (SSSR count). The Hall–Kier alpha value is -0.240. The Morgan fingerprint density at radius 1 is 1.43 bits per heavy atom. The molecule has 0 aliphatic carbocycles. The van der Waals surface area contributed by atoms with Crippen LogP contribution >= 0.6 is 23.2 Å². The van der Waals surface area contributed by atoms with Crippen LogP contribution in [-0.4, -0.2) is 11.7 Å². The average Bonchev–Trinajstić information content (AvgIpc) is 2.18. The molecule has 78 valence electrons. The molecule has 14 heavy (non-hydrogen) atoms. The molecular formula is C11H14Cl2O. The van der Waals surface area contributed by atoms with Gasteiger partial charge in [-0.05, 0) is 43.0 Å². The summed E-state index contributed by atoms with van der Waals surface area (Å²) in [6.45, 7) is 2.20. The van der Waals surface area contributed by atoms with Gasteiger partial charge in [0.1, 0.15) is 0 Å². The highest BCUT2D eigenvalue weighted by Gasteiger charge is 2.10. The van der Waals surface area contributed by atoms with E-state index in [1.807, 2.05) is 25.1 Å². The molecule has 1 N–H and O–H groups in total. The van der Waals surface area contributed by atoms with Gasteiger partial charge in [-0.3, -0.25) is 0 Å². The minimum absolute atomic E-state index is 0.0548. The quantitative estimate of drug-likeness (QED) is 0.786. The van der Waals surface area contributed by atoms with Gasteiger partial charge in [-0.25, -0.2) is 0 Å². The molecule has 1 unspecified atom stereocenters. The van der Waals surface area contributed by atoms with Crippen LogP contribution in [-0.2, 0) is 0 Å². The van der Waals surface area contributed by atoms with Crippen LogP contribution in [0.5, 0.6) is 0 Å². The van der Waals surface area contributed by atoms with Gasteiger partial charge >= 0.3 is 0 Å². The van der Waals surface area contributed by atoms with Crippen molar-refractivity contribution >= 4 is 23.2 Å². The number of aliphatic hydroxyl groups excluding tert-OH is 1. The van der Waals surface area contributed by atoms with Gasteiger partial charge in [0.05, 0.1) is 5.38 Å². The van der Waals surface area contributed by atoms with Crippen molar-refractivity contribution in [1.29, 1.82) is 0 Å². The fraction of sp³-hybridized carbons (Fsp3) is 0.455. The van der Waals surface area contributed by atoms with Crippen LogP contribution in [0.3, 0.4) is 0 Å². The largest absolute Gasteiger partial charge is 0.396 e. The zero-order valence-corrected chi connectivity index (χ0v) is 9.65. The Balaban J connectivity index is 2.77. The van der Waals surface area contributed by atoms with Gasteiger partial charge in [0, 0.05) is 11.6 Å². The highest BCUT2D eigenvalue weighted by atomic mass is 35.5. The molecule has 0 saturated heterocycles. The molecule has 0 saturated carbocycles. The number of aliphatic hydroxyl groups is 1. The van der Waals surface area contributed by atoms with Crippen LogP contribution in [0.4, 0.5) is 0 Å². The molecule has 0 fully saturated rings. The highest BCUT2D eigenvalue weighted by Crippen LogP contribution is 2.30. The van der Waals surface area contributed by atoms with Crippen LogP contribution in [0.15, 0.2) is 18.2 Å². The molecule has 1 aromatic rings. The van der Waals surface area contributed by atoms with Gasteiger partial charge in [0.2, 0.25) is 0 Å². The lowest BCUT2D eigenvalue weighted by Crippen LogP contribution is -1.95. The van der Waals surface area contributed by atoms with Gasteiger partial charge in [0.15, 0.2) is 0 Å². The summed E-state index contributed by atoms with van der Waals surface area (Å²) in [4.78, 5) is 0. The number of hydrogen-bond acceptors (Lipinski definition) is 1. The molecule has 0 amide bonds. The maximum atomic E-state index is 8.70. The molecule has 0 spiro atoms. The standard InChI is InChI=1S/C11H14Cl2O/c1-8-4-5-9(12)7-10(8)11(13)3-2-6-14/h4-5,7,11,14H,2-3,6H2,1H3. The van der Waals surface area contributed by atoms with Crippen LogP contribution in [0.1, 0.15) is 29.3 Å². The second-order valence-electron chi connectivity index (χ2n) is 3.33. The summed E-state index contributed by atoms with van der Waals surface area (Å²) >= 11 is 12.1. The summed E-state index contributed by atoms with van der Waals surface area (Å²) in [5.74, 6) is 0. The summed E-state index contributed by atoms with van der Waals surface area (Å²) in [7, 11) is 0. The van der Waals surface area contributed by atoms with E-state index in [2.05, 4.69) is 0 Å². The monoisotopic (exact) mass is 232 g/mol. The lowest BCUT2D eigenvalue weighted by molar-refractivity contribution is 0.284. The van der Waals surface area contributed by atoms with E-state index in [-0.39, 0.29) is 12.0 Å². The number of alkyl halides is 1. The third-order valence-corrected chi connectivity index (χ3v) is 2.88. The van der Waals surface area contributed by atoms with Crippen molar-refractivity contribution in [2.24, 2.45) is 0 Å². The molecule has 0 bridgehead atoms. The molecule has 0 heterocycles. The first-order valence-corrected chi connectivity index (χ1v) is 5.47. The lowest BCUT2D eigenvalue weighted by Gasteiger charge is -2.12. The van der Waals surface area contributed by atoms with Crippen molar-refractivity contribution in [1.82, 2.24) is 0 Å². The summed E-state index contributed by atoms with van der Waals surface area (Å²) in [5.41, 5.74) is 2.21. The van der Waals surface area contributed by atoms with E-state index >= 15 is 0 Å². The first kappa shape index (κ1) is 11.8. The van der Waals surface area contributed by atoms with E-state index in [4.69, 9.17) is 28.3 Å². The Morgan fingerprint density at radius 2 is 2.14 bits per heavy atom. The predicted octanol–water partition coefficient (Wildman–Crippen LogP) is 3.70. The van der Waals surface area contributed by atoms with Crippen molar-refractivity contribution in [3.05, 3.63) is 34.3 Å². The van der Waals surface area contributed by atoms with Crippen LogP contribution < -0.4 is 0 Å². The van der Waals surface area contributed by atoms with Crippen molar-refractivity contribution < 1.29 is 5.11 Å². The van der Waals surface area contributed by atoms with Crippen molar-refractivity contribution in [2.75, 3.05) is 6.61 Å². The van der Waals surface area contributed by atoms with E-state index in [1.165, 1.54) is 0 Å². The van der Waals surface area contributed by atoms with Crippen LogP contribution in [0.25, 0.3) is 0 Å². The molecular weight excluding hydrogens is 219 g/mol. The van der Waals surface area contributed by atoms with Gasteiger partial charge in [-0.2, -0.15) is 0 Å². The van der Waals surface area contributed by atoms with E-state index < -0.39 is 0 Å². The SMILES string of the molecule is Cc1ccc(Cl)cc1C(Cl)CCCO. The minimum Gasteiger partial charge on any atom is -0.396 e. The van der Waals surface area contributed by atoms with E-state index in [0.29, 0.717) is 5.02 Å². The van der Waals surface area contributed by atoms with Crippen molar-refractivity contribution in [2.45, 2.75) is 25.1 Å². The van der Waals surface area contributed by atoms with Gasteiger partial charge in [0.25, 0.3) is 0 Å². The second kappa shape index (κ2) is 5.59. The predicted molar refractivity (Wildman–Crippen MR) is 61.1 cm³/mol. The molecule has 0 aliphatic rings. The molecule has 1 aromatic carbocycles. The Morgan fingerprint density at radius 3 is 2.79 bits per heavy atom.